The van der Waals surface area contributed by atoms with Crippen molar-refractivity contribution >= 4 is 51.0 Å². The Morgan fingerprint density at radius 1 is 0.360 bits per heavy atom. The molecule has 0 saturated carbocycles. The van der Waals surface area contributed by atoms with Crippen molar-refractivity contribution in [1.29, 1.82) is 0 Å². The molecule has 1 aliphatic heterocycles. The molecule has 8 aromatic carbocycles. The van der Waals surface area contributed by atoms with Gasteiger partial charge in [-0.15, -0.1) is 0 Å². The van der Waals surface area contributed by atoms with Gasteiger partial charge in [-0.2, -0.15) is 0 Å². The minimum Gasteiger partial charge on any atom is -0.309 e. The molecular formula is C48H35NSi. The quantitative estimate of drug-likeness (QED) is 0.167. The van der Waals surface area contributed by atoms with E-state index in [1.54, 1.807) is 0 Å². The first kappa shape index (κ1) is 29.0. The van der Waals surface area contributed by atoms with E-state index < -0.39 is 8.07 Å². The van der Waals surface area contributed by atoms with Crippen LogP contribution in [0.15, 0.2) is 176 Å². The van der Waals surface area contributed by atoms with E-state index in [4.69, 9.17) is 0 Å². The van der Waals surface area contributed by atoms with Gasteiger partial charge in [-0.25, -0.2) is 0 Å². The lowest BCUT2D eigenvalue weighted by Crippen LogP contribution is -2.49. The molecule has 2 heteroatoms. The second-order valence-corrected chi connectivity index (χ2v) is 18.5. The van der Waals surface area contributed by atoms with Crippen molar-refractivity contribution in [2.75, 3.05) is 0 Å². The highest BCUT2D eigenvalue weighted by atomic mass is 28.3. The molecule has 9 aromatic rings. The fraction of sp³-hybridized carbons (Fsp3) is 0.0417. The summed E-state index contributed by atoms with van der Waals surface area (Å²) in [7, 11) is -2.01. The van der Waals surface area contributed by atoms with Crippen LogP contribution in [0.2, 0.25) is 13.1 Å². The molecule has 1 aliphatic rings. The lowest BCUT2D eigenvalue weighted by Gasteiger charge is -2.21. The van der Waals surface area contributed by atoms with Crippen molar-refractivity contribution in [3.05, 3.63) is 176 Å². The Labute approximate surface area is 293 Å². The summed E-state index contributed by atoms with van der Waals surface area (Å²) >= 11 is 0. The highest BCUT2D eigenvalue weighted by Gasteiger charge is 2.38. The molecule has 0 N–H and O–H groups in total. The molecule has 50 heavy (non-hydrogen) atoms. The van der Waals surface area contributed by atoms with Crippen LogP contribution in [0.4, 0.5) is 0 Å². The van der Waals surface area contributed by atoms with E-state index in [-0.39, 0.29) is 0 Å². The topological polar surface area (TPSA) is 4.93 Å². The predicted octanol–water partition coefficient (Wildman–Crippen LogP) is 11.7. The number of aromatic nitrogens is 1. The van der Waals surface area contributed by atoms with E-state index in [0.29, 0.717) is 0 Å². The summed E-state index contributed by atoms with van der Waals surface area (Å²) in [6, 6.07) is 65.3. The molecule has 0 unspecified atom stereocenters. The van der Waals surface area contributed by atoms with Crippen molar-refractivity contribution in [1.82, 2.24) is 4.57 Å². The Morgan fingerprint density at radius 3 is 1.56 bits per heavy atom. The van der Waals surface area contributed by atoms with Crippen LogP contribution in [-0.4, -0.2) is 12.6 Å². The van der Waals surface area contributed by atoms with E-state index in [9.17, 15) is 0 Å². The van der Waals surface area contributed by atoms with Crippen molar-refractivity contribution < 1.29 is 0 Å². The largest absolute Gasteiger partial charge is 0.309 e. The Kier molecular flexibility index (Phi) is 6.40. The van der Waals surface area contributed by atoms with Gasteiger partial charge in [-0.1, -0.05) is 153 Å². The third kappa shape index (κ3) is 4.39. The van der Waals surface area contributed by atoms with Gasteiger partial charge in [0.25, 0.3) is 0 Å². The van der Waals surface area contributed by atoms with Crippen molar-refractivity contribution in [3.8, 4) is 50.2 Å². The van der Waals surface area contributed by atoms with Crippen LogP contribution in [0.25, 0.3) is 82.8 Å². The zero-order chi connectivity index (χ0) is 33.4. The van der Waals surface area contributed by atoms with Crippen LogP contribution in [0.1, 0.15) is 0 Å². The van der Waals surface area contributed by atoms with Gasteiger partial charge in [-0.05, 0) is 102 Å². The van der Waals surface area contributed by atoms with E-state index in [1.165, 1.54) is 93.1 Å². The maximum Gasteiger partial charge on any atom is 0.113 e. The molecule has 0 atom stereocenters. The molecule has 1 nitrogen and oxygen atoms in total. The first-order chi connectivity index (χ1) is 24.5. The SMILES string of the molecule is C[Si]1(C)c2cc(-c3cccc4ccccc34)ccc2-c2ccc(-n3c4ccc(-c5ccccc5)cc4c4cc(-c5ccccc5)ccc43)cc21. The Balaban J connectivity index is 1.14. The number of hydrogen-bond acceptors (Lipinski definition) is 0. The van der Waals surface area contributed by atoms with Crippen LogP contribution in [-0.2, 0) is 0 Å². The zero-order valence-corrected chi connectivity index (χ0v) is 29.2. The average molecular weight is 654 g/mol. The second kappa shape index (κ2) is 11.0. The molecule has 236 valence electrons. The minimum absolute atomic E-state index is 1.23. The molecule has 2 heterocycles. The maximum atomic E-state index is 2.53. The fourth-order valence-corrected chi connectivity index (χ4v) is 11.5. The minimum atomic E-state index is -2.01. The highest BCUT2D eigenvalue weighted by molar-refractivity contribution is 7.03. The second-order valence-electron chi connectivity index (χ2n) is 14.2. The summed E-state index contributed by atoms with van der Waals surface area (Å²) in [5.41, 5.74) is 14.0. The molecule has 0 fully saturated rings. The van der Waals surface area contributed by atoms with Crippen molar-refractivity contribution in [2.24, 2.45) is 0 Å². The molecule has 10 rings (SSSR count). The first-order valence-corrected chi connectivity index (χ1v) is 20.5. The van der Waals surface area contributed by atoms with Crippen LogP contribution in [0.5, 0.6) is 0 Å². The molecule has 0 saturated heterocycles. The summed E-state index contributed by atoms with van der Waals surface area (Å²) in [5, 5.41) is 8.19. The maximum absolute atomic E-state index is 2.53. The Bertz CT molecular complexity index is 2670. The first-order valence-electron chi connectivity index (χ1n) is 17.5. The van der Waals surface area contributed by atoms with E-state index in [0.717, 1.165) is 0 Å². The summed E-state index contributed by atoms with van der Waals surface area (Å²) in [5.74, 6) is 0. The molecule has 0 amide bonds. The molecule has 0 aliphatic carbocycles. The average Bonchev–Trinajstić information content (AvgIpc) is 3.62. The van der Waals surface area contributed by atoms with Gasteiger partial charge in [0.1, 0.15) is 8.07 Å². The zero-order valence-electron chi connectivity index (χ0n) is 28.2. The number of rotatable bonds is 4. The van der Waals surface area contributed by atoms with E-state index in [2.05, 4.69) is 194 Å². The van der Waals surface area contributed by atoms with Gasteiger partial charge in [0.05, 0.1) is 11.0 Å². The van der Waals surface area contributed by atoms with Crippen molar-refractivity contribution in [2.45, 2.75) is 13.1 Å². The van der Waals surface area contributed by atoms with Crippen LogP contribution in [0.3, 0.4) is 0 Å². The number of benzene rings is 8. The van der Waals surface area contributed by atoms with Crippen LogP contribution >= 0.6 is 0 Å². The molecule has 0 bridgehead atoms. The summed E-state index contributed by atoms with van der Waals surface area (Å²) in [6.45, 7) is 5.05. The number of hydrogen-bond donors (Lipinski definition) is 0. The van der Waals surface area contributed by atoms with Gasteiger partial charge in [-0.3, -0.25) is 0 Å². The monoisotopic (exact) mass is 653 g/mol. The van der Waals surface area contributed by atoms with Gasteiger partial charge in [0.2, 0.25) is 0 Å². The Morgan fingerprint density at radius 2 is 0.900 bits per heavy atom. The third-order valence-electron chi connectivity index (χ3n) is 11.0. The van der Waals surface area contributed by atoms with Crippen molar-refractivity contribution in [3.63, 3.8) is 0 Å². The number of fused-ring (bicyclic) bond motifs is 7. The van der Waals surface area contributed by atoms with Crippen LogP contribution in [0, 0.1) is 0 Å². The fourth-order valence-electron chi connectivity index (χ4n) is 8.43. The lowest BCUT2D eigenvalue weighted by atomic mass is 9.96. The molecule has 0 radical (unpaired) electrons. The summed E-state index contributed by atoms with van der Waals surface area (Å²) in [4.78, 5) is 0. The standard InChI is InChI=1S/C48H35NSi/c1-50(2)47-30-37(40-19-11-17-34-16-9-10-18-39(34)40)20-24-41(47)42-25-23-38(31-48(42)50)49-45-26-21-35(32-12-5-3-6-13-32)28-43(45)44-29-36(22-27-46(44)49)33-14-7-4-8-15-33/h3-31H,1-2H3. The predicted molar refractivity (Wildman–Crippen MR) is 217 cm³/mol. The van der Waals surface area contributed by atoms with E-state index >= 15 is 0 Å². The summed E-state index contributed by atoms with van der Waals surface area (Å²) in [6.07, 6.45) is 0. The smallest absolute Gasteiger partial charge is 0.113 e. The highest BCUT2D eigenvalue weighted by Crippen LogP contribution is 2.39. The normalized spacial score (nSPS) is 13.2. The van der Waals surface area contributed by atoms with Gasteiger partial charge in [0, 0.05) is 16.5 Å². The number of nitrogens with zero attached hydrogens (tertiary/aromatic N) is 1. The molecule has 0 spiro atoms. The van der Waals surface area contributed by atoms with E-state index in [1.807, 2.05) is 0 Å². The van der Waals surface area contributed by atoms with Gasteiger partial charge >= 0.3 is 0 Å². The van der Waals surface area contributed by atoms with Gasteiger partial charge in [0.15, 0.2) is 0 Å². The van der Waals surface area contributed by atoms with Crippen LogP contribution < -0.4 is 10.4 Å². The van der Waals surface area contributed by atoms with Gasteiger partial charge < -0.3 is 4.57 Å². The lowest BCUT2D eigenvalue weighted by molar-refractivity contribution is 1.18. The summed E-state index contributed by atoms with van der Waals surface area (Å²) < 4.78 is 2.49. The third-order valence-corrected chi connectivity index (χ3v) is 14.5. The molecule has 1 aromatic heterocycles. The molecular weight excluding hydrogens is 619 g/mol. The Hall–Kier alpha value is -5.96.